The number of rotatable bonds is 4. The molecule has 1 atom stereocenters. The Morgan fingerprint density at radius 3 is 2.13 bits per heavy atom. The number of nitrogens with zero attached hydrogens (tertiary/aromatic N) is 1. The SMILES string of the molecule is COc1cc(F)c(F)cc1C(C)(C=O)N(C)C(=O)OC(C)(C)C. The van der Waals surface area contributed by atoms with Crippen LogP contribution >= 0.6 is 0 Å². The Bertz CT molecular complexity index is 613. The highest BCUT2D eigenvalue weighted by Crippen LogP contribution is 2.35. The summed E-state index contributed by atoms with van der Waals surface area (Å²) in [5, 5.41) is 0. The van der Waals surface area contributed by atoms with Gasteiger partial charge in [-0.3, -0.25) is 4.90 Å². The number of ether oxygens (including phenoxy) is 2. The van der Waals surface area contributed by atoms with E-state index >= 15 is 0 Å². The van der Waals surface area contributed by atoms with Crippen molar-refractivity contribution in [2.45, 2.75) is 38.8 Å². The van der Waals surface area contributed by atoms with Crippen molar-refractivity contribution in [2.75, 3.05) is 14.2 Å². The zero-order valence-electron chi connectivity index (χ0n) is 14.1. The van der Waals surface area contributed by atoms with Crippen LogP contribution < -0.4 is 4.74 Å². The van der Waals surface area contributed by atoms with E-state index in [0.717, 1.165) is 17.0 Å². The molecule has 1 unspecified atom stereocenters. The molecule has 1 amide bonds. The molecule has 0 N–H and O–H groups in total. The van der Waals surface area contributed by atoms with Gasteiger partial charge in [-0.15, -0.1) is 0 Å². The lowest BCUT2D eigenvalue weighted by molar-refractivity contribution is -0.117. The molecule has 128 valence electrons. The van der Waals surface area contributed by atoms with Gasteiger partial charge in [-0.2, -0.15) is 0 Å². The van der Waals surface area contributed by atoms with Gasteiger partial charge in [0.25, 0.3) is 0 Å². The van der Waals surface area contributed by atoms with Crippen LogP contribution in [0, 0.1) is 11.6 Å². The average Bonchev–Trinajstić information content (AvgIpc) is 2.46. The van der Waals surface area contributed by atoms with E-state index in [-0.39, 0.29) is 11.3 Å². The van der Waals surface area contributed by atoms with Gasteiger partial charge in [-0.1, -0.05) is 0 Å². The molecule has 0 aliphatic heterocycles. The number of carbonyl (C=O) groups excluding carboxylic acids is 2. The number of hydrogen-bond acceptors (Lipinski definition) is 4. The second kappa shape index (κ2) is 6.52. The summed E-state index contributed by atoms with van der Waals surface area (Å²) in [6, 6.07) is 1.67. The van der Waals surface area contributed by atoms with Crippen molar-refractivity contribution in [2.24, 2.45) is 0 Å². The number of halogens is 2. The fourth-order valence-corrected chi connectivity index (χ4v) is 1.94. The molecule has 0 aliphatic rings. The summed E-state index contributed by atoms with van der Waals surface area (Å²) in [6.07, 6.45) is -0.328. The monoisotopic (exact) mass is 329 g/mol. The highest BCUT2D eigenvalue weighted by molar-refractivity contribution is 5.79. The van der Waals surface area contributed by atoms with Gasteiger partial charge >= 0.3 is 6.09 Å². The first-order valence-electron chi connectivity index (χ1n) is 6.93. The number of amides is 1. The molecule has 0 radical (unpaired) electrons. The van der Waals surface area contributed by atoms with Crippen molar-refractivity contribution in [3.63, 3.8) is 0 Å². The summed E-state index contributed by atoms with van der Waals surface area (Å²) < 4.78 is 37.2. The second-order valence-electron chi connectivity index (χ2n) is 6.27. The van der Waals surface area contributed by atoms with Gasteiger partial charge in [0.2, 0.25) is 0 Å². The number of likely N-dealkylation sites (N-methyl/N-ethyl adjacent to an activating group) is 1. The molecule has 23 heavy (non-hydrogen) atoms. The van der Waals surface area contributed by atoms with Gasteiger partial charge in [0.05, 0.1) is 7.11 Å². The predicted octanol–water partition coefficient (Wildman–Crippen LogP) is 3.25. The van der Waals surface area contributed by atoms with E-state index in [1.807, 2.05) is 0 Å². The molecule has 1 aromatic carbocycles. The van der Waals surface area contributed by atoms with Crippen LogP contribution in [0.5, 0.6) is 5.75 Å². The van der Waals surface area contributed by atoms with Gasteiger partial charge in [-0.25, -0.2) is 13.6 Å². The fraction of sp³-hybridized carbons (Fsp3) is 0.500. The smallest absolute Gasteiger partial charge is 0.411 e. The van der Waals surface area contributed by atoms with Crippen molar-refractivity contribution in [3.8, 4) is 5.75 Å². The van der Waals surface area contributed by atoms with Crippen molar-refractivity contribution in [1.82, 2.24) is 4.90 Å². The summed E-state index contributed by atoms with van der Waals surface area (Å²) in [7, 11) is 2.60. The van der Waals surface area contributed by atoms with Crippen LogP contribution in [0.4, 0.5) is 13.6 Å². The van der Waals surface area contributed by atoms with Gasteiger partial charge in [-0.05, 0) is 33.8 Å². The Morgan fingerprint density at radius 1 is 1.17 bits per heavy atom. The molecule has 5 nitrogen and oxygen atoms in total. The van der Waals surface area contributed by atoms with E-state index < -0.39 is 28.9 Å². The molecule has 1 aromatic rings. The quantitative estimate of drug-likeness (QED) is 0.796. The molecule has 0 heterocycles. The van der Waals surface area contributed by atoms with Crippen LogP contribution in [0.2, 0.25) is 0 Å². The summed E-state index contributed by atoms with van der Waals surface area (Å²) in [5.74, 6) is -2.31. The van der Waals surface area contributed by atoms with Crippen LogP contribution in [0.25, 0.3) is 0 Å². The summed E-state index contributed by atoms with van der Waals surface area (Å²) >= 11 is 0. The minimum atomic E-state index is -1.60. The molecular weight excluding hydrogens is 308 g/mol. The highest BCUT2D eigenvalue weighted by atomic mass is 19.2. The van der Waals surface area contributed by atoms with E-state index in [1.54, 1.807) is 20.8 Å². The standard InChI is InChI=1S/C16H21F2NO4/c1-15(2,3)23-14(21)19(5)16(4,9-20)10-7-11(17)12(18)8-13(10)22-6/h7-9H,1-6H3. The zero-order valence-corrected chi connectivity index (χ0v) is 14.1. The fourth-order valence-electron chi connectivity index (χ4n) is 1.94. The van der Waals surface area contributed by atoms with Gasteiger partial charge in [0.15, 0.2) is 11.6 Å². The Hall–Kier alpha value is -2.18. The third-order valence-electron chi connectivity index (χ3n) is 3.38. The average molecular weight is 329 g/mol. The molecular formula is C16H21F2NO4. The number of carbonyl (C=O) groups is 2. The molecule has 0 saturated heterocycles. The largest absolute Gasteiger partial charge is 0.496 e. The number of benzene rings is 1. The van der Waals surface area contributed by atoms with Gasteiger partial charge in [0, 0.05) is 18.7 Å². The highest BCUT2D eigenvalue weighted by Gasteiger charge is 2.39. The summed E-state index contributed by atoms with van der Waals surface area (Å²) in [4.78, 5) is 24.9. The maximum atomic E-state index is 13.6. The van der Waals surface area contributed by atoms with E-state index in [9.17, 15) is 18.4 Å². The number of methoxy groups -OCH3 is 1. The molecule has 1 rings (SSSR count). The van der Waals surface area contributed by atoms with Crippen LogP contribution in [-0.2, 0) is 15.1 Å². The molecule has 0 bridgehead atoms. The van der Waals surface area contributed by atoms with Crippen LogP contribution in [-0.4, -0.2) is 37.0 Å². The molecule has 0 spiro atoms. The van der Waals surface area contributed by atoms with Crippen LogP contribution in [0.3, 0.4) is 0 Å². The van der Waals surface area contributed by atoms with E-state index in [0.29, 0.717) is 6.29 Å². The van der Waals surface area contributed by atoms with Crippen LogP contribution in [0.1, 0.15) is 33.3 Å². The first-order chi connectivity index (χ1) is 10.5. The predicted molar refractivity (Wildman–Crippen MR) is 80.3 cm³/mol. The Morgan fingerprint density at radius 2 is 1.70 bits per heavy atom. The van der Waals surface area contributed by atoms with Gasteiger partial charge < -0.3 is 14.3 Å². The Balaban J connectivity index is 3.37. The zero-order chi connectivity index (χ0) is 18.0. The lowest BCUT2D eigenvalue weighted by atomic mass is 9.91. The third kappa shape index (κ3) is 3.97. The minimum Gasteiger partial charge on any atom is -0.496 e. The summed E-state index contributed by atoms with van der Waals surface area (Å²) in [5.41, 5.74) is -2.35. The van der Waals surface area contributed by atoms with E-state index in [4.69, 9.17) is 9.47 Å². The third-order valence-corrected chi connectivity index (χ3v) is 3.38. The topological polar surface area (TPSA) is 55.8 Å². The molecule has 0 saturated carbocycles. The van der Waals surface area contributed by atoms with Crippen molar-refractivity contribution in [3.05, 3.63) is 29.3 Å². The Labute approximate surface area is 134 Å². The maximum absolute atomic E-state index is 13.6. The summed E-state index contributed by atoms with van der Waals surface area (Å²) in [6.45, 7) is 6.42. The second-order valence-corrected chi connectivity index (χ2v) is 6.27. The van der Waals surface area contributed by atoms with Gasteiger partial charge in [0.1, 0.15) is 23.2 Å². The minimum absolute atomic E-state index is 0.0160. The van der Waals surface area contributed by atoms with E-state index in [2.05, 4.69) is 0 Å². The number of hydrogen-bond donors (Lipinski definition) is 0. The van der Waals surface area contributed by atoms with Crippen molar-refractivity contribution in [1.29, 1.82) is 0 Å². The number of aldehydes is 1. The first kappa shape index (κ1) is 18.9. The molecule has 0 aliphatic carbocycles. The molecule has 0 fully saturated rings. The normalized spacial score (nSPS) is 13.9. The molecule has 0 aromatic heterocycles. The lowest BCUT2D eigenvalue weighted by Crippen LogP contribution is -2.48. The lowest BCUT2D eigenvalue weighted by Gasteiger charge is -2.36. The Kier molecular flexibility index (Phi) is 5.35. The maximum Gasteiger partial charge on any atom is 0.411 e. The molecule has 7 heteroatoms. The van der Waals surface area contributed by atoms with Crippen molar-refractivity contribution >= 4 is 12.4 Å². The van der Waals surface area contributed by atoms with Crippen molar-refractivity contribution < 1.29 is 27.8 Å². The first-order valence-corrected chi connectivity index (χ1v) is 6.93. The van der Waals surface area contributed by atoms with E-state index in [1.165, 1.54) is 21.1 Å². The van der Waals surface area contributed by atoms with Crippen LogP contribution in [0.15, 0.2) is 12.1 Å².